The van der Waals surface area contributed by atoms with Crippen LogP contribution in [-0.2, 0) is 24.7 Å². The molecule has 3 rings (SSSR count). The molecule has 4 nitrogen and oxygen atoms in total. The molecule has 0 aliphatic rings. The van der Waals surface area contributed by atoms with Gasteiger partial charge in [0.2, 0.25) is 0 Å². The summed E-state index contributed by atoms with van der Waals surface area (Å²) in [5, 5.41) is 10.5. The van der Waals surface area contributed by atoms with E-state index in [2.05, 4.69) is 4.57 Å². The van der Waals surface area contributed by atoms with E-state index >= 15 is 0 Å². The molecule has 33 heavy (non-hydrogen) atoms. The van der Waals surface area contributed by atoms with Gasteiger partial charge in [-0.15, -0.1) is 0 Å². The van der Waals surface area contributed by atoms with Crippen LogP contribution >= 0.6 is 11.6 Å². The Morgan fingerprint density at radius 1 is 1.03 bits per heavy atom. The maximum Gasteiger partial charge on any atom is 0.303 e. The summed E-state index contributed by atoms with van der Waals surface area (Å²) < 4.78 is 15.4. The van der Waals surface area contributed by atoms with E-state index in [0.717, 1.165) is 60.7 Å². The van der Waals surface area contributed by atoms with Crippen LogP contribution in [0.1, 0.15) is 67.1 Å². The Labute approximate surface area is 199 Å². The Balaban J connectivity index is 1.68. The predicted octanol–water partition coefficient (Wildman–Crippen LogP) is 7.00. The first kappa shape index (κ1) is 25.0. The lowest BCUT2D eigenvalue weighted by molar-refractivity contribution is -0.137. The first-order valence-corrected chi connectivity index (χ1v) is 11.9. The van der Waals surface area contributed by atoms with Gasteiger partial charge in [-0.1, -0.05) is 43.5 Å². The van der Waals surface area contributed by atoms with Gasteiger partial charge in [0.15, 0.2) is 5.78 Å². The van der Waals surface area contributed by atoms with Gasteiger partial charge in [-0.25, -0.2) is 4.39 Å². The maximum absolute atomic E-state index is 13.3. The highest BCUT2D eigenvalue weighted by Gasteiger charge is 2.23. The number of nitrogens with zero attached hydrogens (tertiary/aromatic N) is 1. The summed E-state index contributed by atoms with van der Waals surface area (Å²) in [7, 11) is 1.97. The SMILES string of the molecule is CC(CC(=O)O)CC(=O)c1c(CCCCCCc2cccc(F)c2)n(C)c2ccc(Cl)cc12. The van der Waals surface area contributed by atoms with E-state index in [1.54, 1.807) is 19.1 Å². The van der Waals surface area contributed by atoms with Crippen LogP contribution < -0.4 is 0 Å². The zero-order valence-corrected chi connectivity index (χ0v) is 20.0. The van der Waals surface area contributed by atoms with Crippen molar-refractivity contribution in [2.24, 2.45) is 13.0 Å². The molecule has 0 spiro atoms. The molecule has 0 saturated heterocycles. The summed E-state index contributed by atoms with van der Waals surface area (Å²) in [5.74, 6) is -1.36. The maximum atomic E-state index is 13.3. The molecule has 1 unspecified atom stereocenters. The molecule has 6 heteroatoms. The second-order valence-electron chi connectivity index (χ2n) is 8.92. The number of unbranched alkanes of at least 4 members (excludes halogenated alkanes) is 3. The van der Waals surface area contributed by atoms with Gasteiger partial charge in [-0.05, 0) is 67.5 Å². The molecule has 176 valence electrons. The zero-order valence-electron chi connectivity index (χ0n) is 19.2. The minimum atomic E-state index is -0.894. The summed E-state index contributed by atoms with van der Waals surface area (Å²) in [6, 6.07) is 12.3. The molecule has 1 aromatic heterocycles. The second kappa shape index (κ2) is 11.5. The minimum Gasteiger partial charge on any atom is -0.481 e. The van der Waals surface area contributed by atoms with E-state index in [4.69, 9.17) is 16.7 Å². The van der Waals surface area contributed by atoms with Gasteiger partial charge in [-0.3, -0.25) is 9.59 Å². The number of aryl methyl sites for hydroxylation is 2. The van der Waals surface area contributed by atoms with Gasteiger partial charge >= 0.3 is 5.97 Å². The summed E-state index contributed by atoms with van der Waals surface area (Å²) >= 11 is 6.23. The van der Waals surface area contributed by atoms with Crippen molar-refractivity contribution in [3.63, 3.8) is 0 Å². The molecule has 0 bridgehead atoms. The highest BCUT2D eigenvalue weighted by atomic mass is 35.5. The lowest BCUT2D eigenvalue weighted by Gasteiger charge is -2.11. The zero-order chi connectivity index (χ0) is 24.0. The van der Waals surface area contributed by atoms with Crippen LogP contribution in [0.3, 0.4) is 0 Å². The Morgan fingerprint density at radius 2 is 1.76 bits per heavy atom. The summed E-state index contributed by atoms with van der Waals surface area (Å²) in [4.78, 5) is 24.3. The lowest BCUT2D eigenvalue weighted by atomic mass is 9.94. The first-order valence-electron chi connectivity index (χ1n) is 11.5. The average Bonchev–Trinajstić information content (AvgIpc) is 3.01. The number of aromatic nitrogens is 1. The van der Waals surface area contributed by atoms with Crippen molar-refractivity contribution in [3.8, 4) is 0 Å². The second-order valence-corrected chi connectivity index (χ2v) is 9.35. The number of fused-ring (bicyclic) bond motifs is 1. The molecule has 1 atom stereocenters. The molecule has 0 radical (unpaired) electrons. The molecule has 2 aromatic carbocycles. The Bertz CT molecular complexity index is 1140. The number of carbonyl (C=O) groups is 2. The first-order chi connectivity index (χ1) is 15.8. The molecule has 0 fully saturated rings. The third-order valence-electron chi connectivity index (χ3n) is 6.14. The number of rotatable bonds is 12. The molecule has 1 N–H and O–H groups in total. The third-order valence-corrected chi connectivity index (χ3v) is 6.37. The Kier molecular flexibility index (Phi) is 8.67. The molecule has 0 amide bonds. The van der Waals surface area contributed by atoms with Crippen molar-refractivity contribution in [1.29, 1.82) is 0 Å². The Morgan fingerprint density at radius 3 is 2.45 bits per heavy atom. The highest BCUT2D eigenvalue weighted by Crippen LogP contribution is 2.31. The van der Waals surface area contributed by atoms with Crippen LogP contribution in [-0.4, -0.2) is 21.4 Å². The molecule has 0 aliphatic heterocycles. The normalized spacial score (nSPS) is 12.2. The fraction of sp³-hybridized carbons (Fsp3) is 0.407. The van der Waals surface area contributed by atoms with Crippen LogP contribution in [0, 0.1) is 11.7 Å². The quantitative estimate of drug-likeness (QED) is 0.228. The van der Waals surface area contributed by atoms with Gasteiger partial charge in [0, 0.05) is 47.1 Å². The largest absolute Gasteiger partial charge is 0.481 e. The van der Waals surface area contributed by atoms with Crippen molar-refractivity contribution in [2.45, 2.75) is 58.3 Å². The number of Topliss-reactive ketones (excluding diaryl/α,β-unsaturated/α-hetero) is 1. The van der Waals surface area contributed by atoms with Crippen molar-refractivity contribution >= 4 is 34.3 Å². The monoisotopic (exact) mass is 471 g/mol. The number of carboxylic acid groups (broad SMARTS) is 1. The molecular formula is C27H31ClFNO3. The van der Waals surface area contributed by atoms with Crippen molar-refractivity contribution in [3.05, 3.63) is 70.1 Å². The molecule has 1 heterocycles. The number of aliphatic carboxylic acids is 1. The number of halogens is 2. The van der Waals surface area contributed by atoms with Crippen molar-refractivity contribution < 1.29 is 19.1 Å². The van der Waals surface area contributed by atoms with Crippen LogP contribution in [0.5, 0.6) is 0 Å². The minimum absolute atomic E-state index is 0.0299. The number of carboxylic acids is 1. The van der Waals surface area contributed by atoms with E-state index in [0.29, 0.717) is 10.6 Å². The predicted molar refractivity (Wildman–Crippen MR) is 131 cm³/mol. The fourth-order valence-corrected chi connectivity index (χ4v) is 4.70. The van der Waals surface area contributed by atoms with E-state index in [1.165, 1.54) is 6.07 Å². The van der Waals surface area contributed by atoms with Crippen LogP contribution in [0.2, 0.25) is 5.02 Å². The summed E-state index contributed by atoms with van der Waals surface area (Å²) in [5.41, 5.74) is 3.62. The smallest absolute Gasteiger partial charge is 0.303 e. The van der Waals surface area contributed by atoms with Crippen LogP contribution in [0.25, 0.3) is 10.9 Å². The standard InChI is InChI=1S/C27H31ClFNO3/c1-18(15-26(32)33)14-25(31)27-22-17-20(28)12-13-23(22)30(2)24(27)11-6-4-3-5-8-19-9-7-10-21(29)16-19/h7,9-10,12-13,16-18H,3-6,8,11,14-15H2,1-2H3,(H,32,33). The van der Waals surface area contributed by atoms with Gasteiger partial charge in [0.1, 0.15) is 5.82 Å². The average molecular weight is 472 g/mol. The van der Waals surface area contributed by atoms with Gasteiger partial charge < -0.3 is 9.67 Å². The molecule has 0 aliphatic carbocycles. The number of benzene rings is 2. The summed E-state index contributed by atoms with van der Waals surface area (Å²) in [6.07, 6.45) is 5.76. The summed E-state index contributed by atoms with van der Waals surface area (Å²) in [6.45, 7) is 1.79. The fourth-order valence-electron chi connectivity index (χ4n) is 4.53. The Hall–Kier alpha value is -2.66. The van der Waals surface area contributed by atoms with E-state index < -0.39 is 5.97 Å². The van der Waals surface area contributed by atoms with Crippen molar-refractivity contribution in [1.82, 2.24) is 4.57 Å². The number of ketones is 1. The van der Waals surface area contributed by atoms with E-state index in [-0.39, 0.29) is 30.4 Å². The van der Waals surface area contributed by atoms with Gasteiger partial charge in [0.05, 0.1) is 0 Å². The number of carbonyl (C=O) groups excluding carboxylic acids is 1. The number of hydrogen-bond donors (Lipinski definition) is 1. The molecular weight excluding hydrogens is 441 g/mol. The number of hydrogen-bond acceptors (Lipinski definition) is 2. The lowest BCUT2D eigenvalue weighted by Crippen LogP contribution is -2.12. The highest BCUT2D eigenvalue weighted by molar-refractivity contribution is 6.31. The third kappa shape index (κ3) is 6.67. The van der Waals surface area contributed by atoms with Crippen molar-refractivity contribution in [2.75, 3.05) is 0 Å². The van der Waals surface area contributed by atoms with Crippen LogP contribution in [0.4, 0.5) is 4.39 Å². The molecule has 3 aromatic rings. The van der Waals surface area contributed by atoms with Gasteiger partial charge in [-0.2, -0.15) is 0 Å². The van der Waals surface area contributed by atoms with Crippen LogP contribution in [0.15, 0.2) is 42.5 Å². The van der Waals surface area contributed by atoms with Gasteiger partial charge in [0.25, 0.3) is 0 Å². The topological polar surface area (TPSA) is 59.3 Å². The van der Waals surface area contributed by atoms with E-state index in [1.807, 2.05) is 31.3 Å². The molecule has 0 saturated carbocycles. The van der Waals surface area contributed by atoms with E-state index in [9.17, 15) is 14.0 Å².